The van der Waals surface area contributed by atoms with Gasteiger partial charge in [-0.1, -0.05) is 64.8 Å². The number of aryl methyl sites for hydroxylation is 1. The van der Waals surface area contributed by atoms with Crippen molar-refractivity contribution < 1.29 is 4.79 Å². The van der Waals surface area contributed by atoms with Gasteiger partial charge in [0.05, 0.1) is 10.0 Å². The number of amides is 1. The summed E-state index contributed by atoms with van der Waals surface area (Å²) >= 11 is 13.5. The number of nitrogens with one attached hydrogen (secondary N) is 1. The van der Waals surface area contributed by atoms with Gasteiger partial charge in [-0.3, -0.25) is 4.79 Å². The van der Waals surface area contributed by atoms with Crippen molar-refractivity contribution in [2.24, 2.45) is 0 Å². The number of hydrogen-bond donors (Lipinski definition) is 1. The van der Waals surface area contributed by atoms with Crippen LogP contribution in [0, 0.1) is 18.3 Å². The Morgan fingerprint density at radius 2 is 1.59 bits per heavy atom. The van der Waals surface area contributed by atoms with Crippen molar-refractivity contribution in [3.8, 4) is 6.07 Å². The number of anilines is 1. The summed E-state index contributed by atoms with van der Waals surface area (Å²) in [7, 11) is 0. The Hall–Kier alpha value is -2.71. The normalized spacial score (nSPS) is 11.0. The van der Waals surface area contributed by atoms with Crippen LogP contribution in [0.4, 0.5) is 5.69 Å². The van der Waals surface area contributed by atoms with Crippen LogP contribution in [0.2, 0.25) is 10.0 Å². The molecule has 0 fully saturated rings. The molecule has 0 aliphatic rings. The standard InChI is InChI=1S/C23H16Cl2N2OS/c1-15-2-7-19(8-3-15)29-20-9-4-16(5-10-20)12-17(14-26)23(28)27-18-6-11-21(24)22(25)13-18/h2-13H,1H3,(H,27,28)/b17-12-. The minimum atomic E-state index is -0.510. The molecule has 144 valence electrons. The van der Waals surface area contributed by atoms with Gasteiger partial charge in [0.25, 0.3) is 5.91 Å². The smallest absolute Gasteiger partial charge is 0.266 e. The third-order valence-corrected chi connectivity index (χ3v) is 5.75. The molecule has 0 aliphatic heterocycles. The first-order valence-electron chi connectivity index (χ1n) is 8.67. The molecule has 0 saturated heterocycles. The molecule has 0 aromatic heterocycles. The zero-order valence-electron chi connectivity index (χ0n) is 15.4. The van der Waals surface area contributed by atoms with E-state index in [0.717, 1.165) is 15.4 Å². The SMILES string of the molecule is Cc1ccc(Sc2ccc(/C=C(/C#N)C(=O)Nc3ccc(Cl)c(Cl)c3)cc2)cc1. The molecule has 0 saturated carbocycles. The molecule has 0 bridgehead atoms. The molecule has 6 heteroatoms. The Bertz CT molecular complexity index is 1100. The molecule has 0 heterocycles. The van der Waals surface area contributed by atoms with E-state index < -0.39 is 5.91 Å². The maximum absolute atomic E-state index is 12.4. The van der Waals surface area contributed by atoms with Crippen LogP contribution in [0.5, 0.6) is 0 Å². The second-order valence-corrected chi connectivity index (χ2v) is 8.20. The Labute approximate surface area is 184 Å². The lowest BCUT2D eigenvalue weighted by Crippen LogP contribution is -2.13. The van der Waals surface area contributed by atoms with Gasteiger partial charge in [-0.2, -0.15) is 5.26 Å². The number of benzene rings is 3. The van der Waals surface area contributed by atoms with Crippen molar-refractivity contribution in [2.45, 2.75) is 16.7 Å². The average molecular weight is 439 g/mol. The fraction of sp³-hybridized carbons (Fsp3) is 0.0435. The van der Waals surface area contributed by atoms with Gasteiger partial charge in [-0.25, -0.2) is 0 Å². The lowest BCUT2D eigenvalue weighted by atomic mass is 10.1. The van der Waals surface area contributed by atoms with E-state index in [2.05, 4.69) is 36.5 Å². The zero-order valence-corrected chi connectivity index (χ0v) is 17.8. The summed E-state index contributed by atoms with van der Waals surface area (Å²) in [6.45, 7) is 2.06. The lowest BCUT2D eigenvalue weighted by molar-refractivity contribution is -0.112. The number of rotatable bonds is 5. The third-order valence-electron chi connectivity index (χ3n) is 3.99. The fourth-order valence-corrected chi connectivity index (χ4v) is 3.58. The predicted molar refractivity (Wildman–Crippen MR) is 120 cm³/mol. The van der Waals surface area contributed by atoms with Gasteiger partial charge in [-0.05, 0) is 61.0 Å². The molecule has 3 aromatic carbocycles. The van der Waals surface area contributed by atoms with Gasteiger partial charge >= 0.3 is 0 Å². The maximum atomic E-state index is 12.4. The summed E-state index contributed by atoms with van der Waals surface area (Å²) in [6.07, 6.45) is 1.55. The minimum absolute atomic E-state index is 0.00462. The van der Waals surface area contributed by atoms with Crippen LogP contribution in [-0.2, 0) is 4.79 Å². The van der Waals surface area contributed by atoms with Gasteiger partial charge in [0.1, 0.15) is 11.6 Å². The Morgan fingerprint density at radius 1 is 0.966 bits per heavy atom. The first-order chi connectivity index (χ1) is 13.9. The highest BCUT2D eigenvalue weighted by Crippen LogP contribution is 2.28. The third kappa shape index (κ3) is 5.88. The quantitative estimate of drug-likeness (QED) is 0.344. The summed E-state index contributed by atoms with van der Waals surface area (Å²) in [5.41, 5.74) is 2.45. The molecule has 0 unspecified atom stereocenters. The average Bonchev–Trinajstić information content (AvgIpc) is 2.72. The summed E-state index contributed by atoms with van der Waals surface area (Å²) in [5.74, 6) is -0.510. The highest BCUT2D eigenvalue weighted by atomic mass is 35.5. The molecule has 1 N–H and O–H groups in total. The van der Waals surface area contributed by atoms with Crippen molar-refractivity contribution in [3.05, 3.63) is 93.5 Å². The highest BCUT2D eigenvalue weighted by molar-refractivity contribution is 7.99. The minimum Gasteiger partial charge on any atom is -0.321 e. The molecule has 1 amide bonds. The molecular formula is C23H16Cl2N2OS. The van der Waals surface area contributed by atoms with Crippen LogP contribution < -0.4 is 5.32 Å². The molecule has 0 aliphatic carbocycles. The molecule has 0 radical (unpaired) electrons. The van der Waals surface area contributed by atoms with E-state index in [9.17, 15) is 10.1 Å². The summed E-state index contributed by atoms with van der Waals surface area (Å²) in [4.78, 5) is 14.6. The van der Waals surface area contributed by atoms with Crippen LogP contribution in [0.3, 0.4) is 0 Å². The van der Waals surface area contributed by atoms with Crippen molar-refractivity contribution in [1.29, 1.82) is 5.26 Å². The number of nitrogens with zero attached hydrogens (tertiary/aromatic N) is 1. The van der Waals surface area contributed by atoms with Gasteiger partial charge in [0.2, 0.25) is 0 Å². The zero-order chi connectivity index (χ0) is 20.8. The Balaban J connectivity index is 1.71. The maximum Gasteiger partial charge on any atom is 0.266 e. The predicted octanol–water partition coefficient (Wildman–Crippen LogP) is 7.00. The molecule has 3 nitrogen and oxygen atoms in total. The number of hydrogen-bond acceptors (Lipinski definition) is 3. The summed E-state index contributed by atoms with van der Waals surface area (Å²) in [6, 6.07) is 22.7. The number of nitriles is 1. The van der Waals surface area contributed by atoms with Crippen molar-refractivity contribution in [2.75, 3.05) is 5.32 Å². The van der Waals surface area contributed by atoms with Crippen LogP contribution >= 0.6 is 35.0 Å². The topological polar surface area (TPSA) is 52.9 Å². The highest BCUT2D eigenvalue weighted by Gasteiger charge is 2.10. The molecule has 29 heavy (non-hydrogen) atoms. The molecule has 3 aromatic rings. The van der Waals surface area contributed by atoms with Gasteiger partial charge < -0.3 is 5.32 Å². The van der Waals surface area contributed by atoms with Gasteiger partial charge in [-0.15, -0.1) is 0 Å². The Morgan fingerprint density at radius 3 is 2.17 bits per heavy atom. The van der Waals surface area contributed by atoms with Gasteiger partial charge in [0, 0.05) is 15.5 Å². The molecule has 0 atom stereocenters. The van der Waals surface area contributed by atoms with Crippen LogP contribution in [0.25, 0.3) is 6.08 Å². The Kier molecular flexibility index (Phi) is 7.00. The fourth-order valence-electron chi connectivity index (χ4n) is 2.46. The van der Waals surface area contributed by atoms with Crippen LogP contribution in [0.15, 0.2) is 82.1 Å². The lowest BCUT2D eigenvalue weighted by Gasteiger charge is -2.06. The molecule has 3 rings (SSSR count). The summed E-state index contributed by atoms with van der Waals surface area (Å²) < 4.78 is 0. The molecule has 0 spiro atoms. The summed E-state index contributed by atoms with van der Waals surface area (Å²) in [5, 5.41) is 12.7. The van der Waals surface area contributed by atoms with E-state index in [1.165, 1.54) is 11.6 Å². The van der Waals surface area contributed by atoms with Crippen molar-refractivity contribution in [1.82, 2.24) is 0 Å². The van der Waals surface area contributed by atoms with Crippen LogP contribution in [-0.4, -0.2) is 5.91 Å². The van der Waals surface area contributed by atoms with E-state index in [1.54, 1.807) is 30.0 Å². The second-order valence-electron chi connectivity index (χ2n) is 6.24. The van der Waals surface area contributed by atoms with Crippen molar-refractivity contribution >= 4 is 52.6 Å². The van der Waals surface area contributed by atoms with E-state index in [0.29, 0.717) is 15.7 Å². The second kappa shape index (κ2) is 9.67. The van der Waals surface area contributed by atoms with E-state index in [-0.39, 0.29) is 5.57 Å². The number of carbonyl (C=O) groups is 1. The first kappa shape index (κ1) is 21.0. The van der Waals surface area contributed by atoms with E-state index >= 15 is 0 Å². The number of carbonyl (C=O) groups excluding carboxylic acids is 1. The monoisotopic (exact) mass is 438 g/mol. The largest absolute Gasteiger partial charge is 0.321 e. The first-order valence-corrected chi connectivity index (χ1v) is 10.2. The van der Waals surface area contributed by atoms with Crippen LogP contribution in [0.1, 0.15) is 11.1 Å². The van der Waals surface area contributed by atoms with Gasteiger partial charge in [0.15, 0.2) is 0 Å². The number of halogens is 2. The van der Waals surface area contributed by atoms with E-state index in [1.807, 2.05) is 30.3 Å². The molecular weight excluding hydrogens is 423 g/mol. The van der Waals surface area contributed by atoms with Crippen molar-refractivity contribution in [3.63, 3.8) is 0 Å². The van der Waals surface area contributed by atoms with E-state index in [4.69, 9.17) is 23.2 Å².